The van der Waals surface area contributed by atoms with E-state index in [4.69, 9.17) is 4.74 Å². The van der Waals surface area contributed by atoms with Crippen molar-refractivity contribution in [1.29, 1.82) is 0 Å². The highest BCUT2D eigenvalue weighted by Crippen LogP contribution is 2.17. The fourth-order valence-corrected chi connectivity index (χ4v) is 2.65. The minimum Gasteiger partial charge on any atom is -0.454 e. The van der Waals surface area contributed by atoms with Crippen LogP contribution in [0, 0.1) is 12.7 Å². The van der Waals surface area contributed by atoms with Crippen LogP contribution in [-0.4, -0.2) is 47.5 Å². The van der Waals surface area contributed by atoms with Gasteiger partial charge in [0.2, 0.25) is 0 Å². The van der Waals surface area contributed by atoms with Crippen molar-refractivity contribution in [2.24, 2.45) is 0 Å². The van der Waals surface area contributed by atoms with Crippen LogP contribution in [0.25, 0.3) is 0 Å². The fourth-order valence-electron chi connectivity index (χ4n) is 1.82. The molecule has 1 aromatic rings. The summed E-state index contributed by atoms with van der Waals surface area (Å²) in [5.74, 6) is -1.23. The Labute approximate surface area is 131 Å². The molecule has 0 radical (unpaired) electrons. The molecular formula is C14H15FN2O4S. The number of rotatable bonds is 5. The van der Waals surface area contributed by atoms with Gasteiger partial charge >= 0.3 is 5.97 Å². The molecule has 0 unspecified atom stereocenters. The van der Waals surface area contributed by atoms with Gasteiger partial charge in [-0.2, -0.15) is 0 Å². The van der Waals surface area contributed by atoms with E-state index in [2.05, 4.69) is 5.32 Å². The van der Waals surface area contributed by atoms with Gasteiger partial charge in [-0.1, -0.05) is 17.8 Å². The van der Waals surface area contributed by atoms with Gasteiger partial charge < -0.3 is 15.0 Å². The average molecular weight is 326 g/mol. The number of nitrogens with zero attached hydrogens (tertiary/aromatic N) is 1. The minimum atomic E-state index is -0.671. The lowest BCUT2D eigenvalue weighted by Crippen LogP contribution is -2.32. The molecule has 0 bridgehead atoms. The highest BCUT2D eigenvalue weighted by molar-refractivity contribution is 8.13. The number of thioether (sulfide) groups is 1. The summed E-state index contributed by atoms with van der Waals surface area (Å²) < 4.78 is 18.3. The molecule has 22 heavy (non-hydrogen) atoms. The third-order valence-electron chi connectivity index (χ3n) is 2.93. The van der Waals surface area contributed by atoms with Gasteiger partial charge in [-0.05, 0) is 24.6 Å². The normalized spacial score (nSPS) is 14.1. The molecule has 1 heterocycles. The van der Waals surface area contributed by atoms with Crippen LogP contribution in [0.15, 0.2) is 18.2 Å². The predicted molar refractivity (Wildman–Crippen MR) is 80.2 cm³/mol. The number of halogens is 1. The van der Waals surface area contributed by atoms with Crippen LogP contribution in [0.2, 0.25) is 0 Å². The van der Waals surface area contributed by atoms with E-state index in [0.717, 1.165) is 17.3 Å². The standard InChI is InChI=1S/C14H15FN2O4S/c1-9-2-3-11(10(15)6-9)16-12(18)8-21-13(19)7-17-4-5-22-14(17)20/h2-3,6H,4-5,7-8H2,1H3,(H,16,18). The average Bonchev–Trinajstić information content (AvgIpc) is 2.85. The number of hydrogen-bond acceptors (Lipinski definition) is 5. The molecule has 0 aromatic heterocycles. The van der Waals surface area contributed by atoms with Crippen molar-refractivity contribution in [2.45, 2.75) is 6.92 Å². The van der Waals surface area contributed by atoms with E-state index in [1.165, 1.54) is 17.0 Å². The van der Waals surface area contributed by atoms with E-state index in [1.54, 1.807) is 13.0 Å². The van der Waals surface area contributed by atoms with Gasteiger partial charge in [-0.3, -0.25) is 14.4 Å². The maximum Gasteiger partial charge on any atom is 0.326 e. The summed E-state index contributed by atoms with van der Waals surface area (Å²) in [6.07, 6.45) is 0. The monoisotopic (exact) mass is 326 g/mol. The van der Waals surface area contributed by atoms with Crippen molar-refractivity contribution in [3.8, 4) is 0 Å². The number of benzene rings is 1. The zero-order valence-electron chi connectivity index (χ0n) is 11.9. The number of carbonyl (C=O) groups is 3. The second kappa shape index (κ2) is 7.26. The summed E-state index contributed by atoms with van der Waals surface area (Å²) in [5.41, 5.74) is 0.757. The first-order chi connectivity index (χ1) is 10.5. The first-order valence-corrected chi connectivity index (χ1v) is 7.57. The second-order valence-electron chi connectivity index (χ2n) is 4.73. The molecule has 0 aliphatic carbocycles. The van der Waals surface area contributed by atoms with Gasteiger partial charge in [-0.25, -0.2) is 4.39 Å². The van der Waals surface area contributed by atoms with Crippen LogP contribution >= 0.6 is 11.8 Å². The van der Waals surface area contributed by atoms with Gasteiger partial charge in [0.05, 0.1) is 5.69 Å². The van der Waals surface area contributed by atoms with Gasteiger partial charge in [0, 0.05) is 12.3 Å². The number of ether oxygens (including phenoxy) is 1. The van der Waals surface area contributed by atoms with Gasteiger partial charge in [0.25, 0.3) is 11.1 Å². The quantitative estimate of drug-likeness (QED) is 0.835. The smallest absolute Gasteiger partial charge is 0.326 e. The van der Waals surface area contributed by atoms with Crippen molar-refractivity contribution in [3.63, 3.8) is 0 Å². The molecule has 118 valence electrons. The molecule has 1 N–H and O–H groups in total. The molecule has 8 heteroatoms. The molecule has 1 saturated heterocycles. The molecule has 0 saturated carbocycles. The van der Waals surface area contributed by atoms with E-state index < -0.39 is 24.3 Å². The Balaban J connectivity index is 1.77. The summed E-state index contributed by atoms with van der Waals surface area (Å²) in [6.45, 7) is 1.51. The third kappa shape index (κ3) is 4.45. The maximum atomic E-state index is 13.6. The number of anilines is 1. The van der Waals surface area contributed by atoms with E-state index in [1.807, 2.05) is 0 Å². The maximum absolute atomic E-state index is 13.6. The van der Waals surface area contributed by atoms with Crippen LogP contribution in [-0.2, 0) is 14.3 Å². The van der Waals surface area contributed by atoms with Crippen LogP contribution < -0.4 is 5.32 Å². The van der Waals surface area contributed by atoms with E-state index in [-0.39, 0.29) is 17.5 Å². The van der Waals surface area contributed by atoms with E-state index in [0.29, 0.717) is 12.3 Å². The number of hydrogen-bond donors (Lipinski definition) is 1. The summed E-state index contributed by atoms with van der Waals surface area (Å²) >= 11 is 1.13. The molecule has 1 fully saturated rings. The molecule has 2 amide bonds. The van der Waals surface area contributed by atoms with Crippen LogP contribution in [0.1, 0.15) is 5.56 Å². The SMILES string of the molecule is Cc1ccc(NC(=O)COC(=O)CN2CCSC2=O)c(F)c1. The highest BCUT2D eigenvalue weighted by Gasteiger charge is 2.24. The summed E-state index contributed by atoms with van der Waals surface area (Å²) in [5, 5.41) is 2.14. The lowest BCUT2D eigenvalue weighted by Gasteiger charge is -2.13. The van der Waals surface area contributed by atoms with Gasteiger partial charge in [0.1, 0.15) is 12.4 Å². The lowest BCUT2D eigenvalue weighted by molar-refractivity contribution is -0.147. The molecule has 1 aliphatic rings. The highest BCUT2D eigenvalue weighted by atomic mass is 32.2. The van der Waals surface area contributed by atoms with Crippen LogP contribution in [0.4, 0.5) is 14.9 Å². The zero-order valence-corrected chi connectivity index (χ0v) is 12.7. The fraction of sp³-hybridized carbons (Fsp3) is 0.357. The first kappa shape index (κ1) is 16.3. The van der Waals surface area contributed by atoms with Crippen LogP contribution in [0.3, 0.4) is 0 Å². The first-order valence-electron chi connectivity index (χ1n) is 6.59. The Morgan fingerprint density at radius 2 is 2.23 bits per heavy atom. The van der Waals surface area contributed by atoms with Crippen molar-refractivity contribution in [1.82, 2.24) is 4.90 Å². The molecular weight excluding hydrogens is 311 g/mol. The molecule has 2 rings (SSSR count). The van der Waals surface area contributed by atoms with Crippen molar-refractivity contribution in [3.05, 3.63) is 29.6 Å². The molecule has 6 nitrogen and oxygen atoms in total. The Bertz CT molecular complexity index is 609. The van der Waals surface area contributed by atoms with Gasteiger partial charge in [0.15, 0.2) is 6.61 Å². The Morgan fingerprint density at radius 3 is 2.86 bits per heavy atom. The van der Waals surface area contributed by atoms with Crippen molar-refractivity contribution >= 4 is 34.6 Å². The van der Waals surface area contributed by atoms with E-state index >= 15 is 0 Å². The summed E-state index contributed by atoms with van der Waals surface area (Å²) in [4.78, 5) is 35.8. The summed E-state index contributed by atoms with van der Waals surface area (Å²) in [7, 11) is 0. The Hall–Kier alpha value is -2.09. The molecule has 1 aliphatic heterocycles. The predicted octanol–water partition coefficient (Wildman–Crippen LogP) is 1.78. The molecule has 1 aromatic carbocycles. The minimum absolute atomic E-state index is 0.0257. The molecule has 0 spiro atoms. The third-order valence-corrected chi connectivity index (χ3v) is 3.82. The number of aryl methyl sites for hydroxylation is 1. The van der Waals surface area contributed by atoms with E-state index in [9.17, 15) is 18.8 Å². The zero-order chi connectivity index (χ0) is 16.1. The van der Waals surface area contributed by atoms with Gasteiger partial charge in [-0.15, -0.1) is 0 Å². The lowest BCUT2D eigenvalue weighted by atomic mass is 10.2. The second-order valence-corrected chi connectivity index (χ2v) is 5.77. The van der Waals surface area contributed by atoms with Crippen molar-refractivity contribution in [2.75, 3.05) is 30.8 Å². The topological polar surface area (TPSA) is 75.7 Å². The van der Waals surface area contributed by atoms with Crippen molar-refractivity contribution < 1.29 is 23.5 Å². The number of esters is 1. The molecule has 0 atom stereocenters. The largest absolute Gasteiger partial charge is 0.454 e. The number of amides is 2. The Morgan fingerprint density at radius 1 is 1.45 bits per heavy atom. The van der Waals surface area contributed by atoms with Crippen LogP contribution in [0.5, 0.6) is 0 Å². The number of carbonyl (C=O) groups excluding carboxylic acids is 3. The number of nitrogens with one attached hydrogen (secondary N) is 1. The summed E-state index contributed by atoms with van der Waals surface area (Å²) in [6, 6.07) is 4.38. The Kier molecular flexibility index (Phi) is 5.37.